The number of aliphatic hydroxyl groups is 1. The van der Waals surface area contributed by atoms with Gasteiger partial charge >= 0.3 is 0 Å². The number of Topliss-reactive ketones (excluding diaryl/α,β-unsaturated/α-hetero) is 1. The minimum atomic E-state index is -0.189. The van der Waals surface area contributed by atoms with Gasteiger partial charge in [0, 0.05) is 32.9 Å². The molecule has 7 heteroatoms. The van der Waals surface area contributed by atoms with Crippen LogP contribution in [0.2, 0.25) is 10.0 Å². The largest absolute Gasteiger partial charge is 0.506 e. The molecule has 0 fully saturated rings. The van der Waals surface area contributed by atoms with Gasteiger partial charge in [-0.15, -0.1) is 11.3 Å². The quantitative estimate of drug-likeness (QED) is 0.259. The Morgan fingerprint density at radius 2 is 1.30 bits per heavy atom. The van der Waals surface area contributed by atoms with Crippen LogP contribution in [0.4, 0.5) is 5.69 Å². The molecule has 0 saturated heterocycles. The second-order valence-corrected chi connectivity index (χ2v) is 9.99. The Morgan fingerprint density at radius 1 is 0.757 bits per heavy atom. The molecule has 4 nitrogen and oxygen atoms in total. The van der Waals surface area contributed by atoms with Crippen molar-refractivity contribution in [3.63, 3.8) is 0 Å². The molecule has 0 saturated carbocycles. The lowest BCUT2D eigenvalue weighted by Gasteiger charge is -2.05. The van der Waals surface area contributed by atoms with E-state index in [1.807, 2.05) is 65.2 Å². The zero-order chi connectivity index (χ0) is 25.8. The van der Waals surface area contributed by atoms with E-state index in [4.69, 9.17) is 28.2 Å². The van der Waals surface area contributed by atoms with Crippen LogP contribution < -0.4 is 14.7 Å². The molecular formula is C30H20Cl2N2O2S. The first kappa shape index (κ1) is 24.8. The normalized spacial score (nSPS) is 13.0. The van der Waals surface area contributed by atoms with Crippen molar-refractivity contribution in [2.75, 3.05) is 0 Å². The average Bonchev–Trinajstić information content (AvgIpc) is 3.27. The molecule has 0 bridgehead atoms. The molecule has 37 heavy (non-hydrogen) atoms. The van der Waals surface area contributed by atoms with Crippen molar-refractivity contribution in [1.82, 2.24) is 4.57 Å². The summed E-state index contributed by atoms with van der Waals surface area (Å²) in [6.07, 6.45) is 1.56. The van der Waals surface area contributed by atoms with Crippen LogP contribution in [0.25, 0.3) is 17.5 Å². The van der Waals surface area contributed by atoms with Gasteiger partial charge in [0.1, 0.15) is 15.0 Å². The van der Waals surface area contributed by atoms with Crippen LogP contribution >= 0.6 is 34.5 Å². The number of aliphatic hydroxyl groups excluding tert-OH is 1. The Bertz CT molecular complexity index is 1740. The highest BCUT2D eigenvalue weighted by atomic mass is 35.5. The molecule has 0 atom stereocenters. The number of benzene rings is 4. The fraction of sp³-hybridized carbons (Fsp3) is 0. The fourth-order valence-electron chi connectivity index (χ4n) is 3.75. The summed E-state index contributed by atoms with van der Waals surface area (Å²) in [4.78, 5) is 18.2. The summed E-state index contributed by atoms with van der Waals surface area (Å²) in [7, 11) is 0. The summed E-state index contributed by atoms with van der Waals surface area (Å²) < 4.78 is 3.01. The van der Waals surface area contributed by atoms with E-state index in [0.29, 0.717) is 41.5 Å². The second-order valence-electron chi connectivity index (χ2n) is 8.08. The predicted molar refractivity (Wildman–Crippen MR) is 151 cm³/mol. The van der Waals surface area contributed by atoms with Crippen LogP contribution in [0, 0.1) is 0 Å². The van der Waals surface area contributed by atoms with Crippen molar-refractivity contribution < 1.29 is 9.90 Å². The highest BCUT2D eigenvalue weighted by Gasteiger charge is 2.13. The Hall–Kier alpha value is -3.90. The van der Waals surface area contributed by atoms with Crippen molar-refractivity contribution in [1.29, 1.82) is 0 Å². The lowest BCUT2D eigenvalue weighted by atomic mass is 10.1. The lowest BCUT2D eigenvalue weighted by Crippen LogP contribution is -2.33. The van der Waals surface area contributed by atoms with Gasteiger partial charge in [-0.1, -0.05) is 59.6 Å². The molecule has 0 aliphatic carbocycles. The molecule has 0 unspecified atom stereocenters. The van der Waals surface area contributed by atoms with Crippen LogP contribution in [0.1, 0.15) is 15.9 Å². The minimum absolute atomic E-state index is 0.0413. The molecule has 0 aliphatic rings. The monoisotopic (exact) mass is 542 g/mol. The number of rotatable bonds is 5. The van der Waals surface area contributed by atoms with E-state index in [1.165, 1.54) is 11.3 Å². The number of carbonyl (C=O) groups excluding carboxylic acids is 1. The Morgan fingerprint density at radius 3 is 1.89 bits per heavy atom. The number of aromatic nitrogens is 1. The summed E-state index contributed by atoms with van der Waals surface area (Å²) in [6, 6.07) is 32.8. The van der Waals surface area contributed by atoms with Crippen molar-refractivity contribution in [2.45, 2.75) is 0 Å². The number of para-hydroxylation sites is 2. The van der Waals surface area contributed by atoms with Gasteiger partial charge in [0.05, 0.1) is 5.69 Å². The zero-order valence-electron chi connectivity index (χ0n) is 19.4. The number of thiazole rings is 1. The van der Waals surface area contributed by atoms with E-state index >= 15 is 0 Å². The Labute approximate surface area is 227 Å². The van der Waals surface area contributed by atoms with E-state index in [1.54, 1.807) is 54.6 Å². The van der Waals surface area contributed by atoms with Gasteiger partial charge < -0.3 is 5.11 Å². The molecule has 0 aliphatic heterocycles. The first-order chi connectivity index (χ1) is 18.0. The number of ketones is 1. The maximum absolute atomic E-state index is 13.2. The highest BCUT2D eigenvalue weighted by molar-refractivity contribution is 7.07. The van der Waals surface area contributed by atoms with Gasteiger partial charge in [-0.05, 0) is 72.8 Å². The standard InChI is InChI=1S/C30H20Cl2N2O2S/c31-22-15-11-20(12-16-22)26(35)19-27-34(25-9-5-2-6-10-25)30(33-24-7-3-1-4-8-24)29(37-27)28(36)21-13-17-23(32)18-14-21/h1-19,36H/b27-19+,29-28+,33-30?. The fourth-order valence-corrected chi connectivity index (χ4v) is 5.10. The first-order valence-corrected chi connectivity index (χ1v) is 12.9. The highest BCUT2D eigenvalue weighted by Crippen LogP contribution is 2.15. The van der Waals surface area contributed by atoms with Crippen LogP contribution in [-0.2, 0) is 0 Å². The van der Waals surface area contributed by atoms with Gasteiger partial charge in [-0.3, -0.25) is 9.36 Å². The molecule has 1 N–H and O–H groups in total. The molecule has 0 amide bonds. The third kappa shape index (κ3) is 5.59. The summed E-state index contributed by atoms with van der Waals surface area (Å²) in [5.74, 6) is -0.147. The van der Waals surface area contributed by atoms with Crippen molar-refractivity contribution in [3.05, 3.63) is 145 Å². The molecule has 0 radical (unpaired) electrons. The molecule has 5 aromatic rings. The number of carbonyl (C=O) groups is 1. The van der Waals surface area contributed by atoms with Gasteiger partial charge in [0.15, 0.2) is 11.3 Å². The van der Waals surface area contributed by atoms with Gasteiger partial charge in [-0.25, -0.2) is 4.99 Å². The van der Waals surface area contributed by atoms with Crippen LogP contribution in [-0.4, -0.2) is 15.5 Å². The van der Waals surface area contributed by atoms with Crippen molar-refractivity contribution >= 4 is 57.8 Å². The lowest BCUT2D eigenvalue weighted by molar-refractivity contribution is 0.106. The SMILES string of the molecule is O=C(/C=c1/s/c(=C(/O)c2ccc(Cl)cc2)c(=Nc2ccccc2)n1-c1ccccc1)c1ccc(Cl)cc1. The maximum atomic E-state index is 13.2. The summed E-state index contributed by atoms with van der Waals surface area (Å²) in [5, 5.41) is 12.5. The third-order valence-corrected chi connectivity index (χ3v) is 7.16. The Balaban J connectivity index is 1.87. The predicted octanol–water partition coefficient (Wildman–Crippen LogP) is 6.46. The molecular weight excluding hydrogens is 523 g/mol. The Kier molecular flexibility index (Phi) is 7.37. The molecule has 4 aromatic carbocycles. The van der Waals surface area contributed by atoms with E-state index in [2.05, 4.69) is 0 Å². The van der Waals surface area contributed by atoms with E-state index < -0.39 is 0 Å². The summed E-state index contributed by atoms with van der Waals surface area (Å²) in [5.41, 5.74) is 3.12. The van der Waals surface area contributed by atoms with E-state index in [9.17, 15) is 9.90 Å². The molecule has 5 rings (SSSR count). The third-order valence-electron chi connectivity index (χ3n) is 5.56. The maximum Gasteiger partial charge on any atom is 0.188 e. The van der Waals surface area contributed by atoms with Crippen molar-refractivity contribution in [3.8, 4) is 5.69 Å². The number of hydrogen-bond donors (Lipinski definition) is 1. The van der Waals surface area contributed by atoms with Crippen LogP contribution in [0.3, 0.4) is 0 Å². The molecule has 182 valence electrons. The minimum Gasteiger partial charge on any atom is -0.506 e. The van der Waals surface area contributed by atoms with Crippen LogP contribution in [0.5, 0.6) is 0 Å². The smallest absolute Gasteiger partial charge is 0.188 e. The average molecular weight is 543 g/mol. The zero-order valence-corrected chi connectivity index (χ0v) is 21.7. The second kappa shape index (κ2) is 11.0. The van der Waals surface area contributed by atoms with Gasteiger partial charge in [0.2, 0.25) is 0 Å². The van der Waals surface area contributed by atoms with Gasteiger partial charge in [-0.2, -0.15) is 0 Å². The number of hydrogen-bond acceptors (Lipinski definition) is 4. The van der Waals surface area contributed by atoms with E-state index in [0.717, 1.165) is 5.69 Å². The topological polar surface area (TPSA) is 54.6 Å². The molecule has 0 spiro atoms. The number of halogens is 2. The molecule has 1 heterocycles. The van der Waals surface area contributed by atoms with E-state index in [-0.39, 0.29) is 11.5 Å². The summed E-state index contributed by atoms with van der Waals surface area (Å²) >= 11 is 13.4. The van der Waals surface area contributed by atoms with Crippen LogP contribution in [0.15, 0.2) is 114 Å². The number of nitrogens with zero attached hydrogens (tertiary/aromatic N) is 2. The van der Waals surface area contributed by atoms with Gasteiger partial charge in [0.25, 0.3) is 0 Å². The summed E-state index contributed by atoms with van der Waals surface area (Å²) in [6.45, 7) is 0. The first-order valence-electron chi connectivity index (χ1n) is 11.4. The molecule has 1 aromatic heterocycles. The van der Waals surface area contributed by atoms with Crippen molar-refractivity contribution in [2.24, 2.45) is 4.99 Å².